The predicted molar refractivity (Wildman–Crippen MR) is 157 cm³/mol. The molecule has 2 N–H and O–H groups in total. The number of carbonyl (C=O) groups excluding carboxylic acids is 5. The molecule has 1 aromatic heterocycles. The zero-order valence-electron chi connectivity index (χ0n) is 25.4. The van der Waals surface area contributed by atoms with Gasteiger partial charge in [-0.2, -0.15) is 0 Å². The van der Waals surface area contributed by atoms with Gasteiger partial charge < -0.3 is 29.7 Å². The second kappa shape index (κ2) is 14.7. The number of hydrogen-bond donors (Lipinski definition) is 2. The third kappa shape index (κ3) is 9.08. The SMILES string of the molecule is CC(C)CC(NC(=O)C(Cc1ccccc1)NC(=O)c1cnccn1)B1OC(=O)C(CC(=O)N(C)C)(CC(=O)N(C)C)O1. The van der Waals surface area contributed by atoms with Gasteiger partial charge in [-0.25, -0.2) is 4.98 Å². The molecule has 1 aliphatic rings. The maximum Gasteiger partial charge on any atom is 0.552 e. The van der Waals surface area contributed by atoms with Crippen LogP contribution in [0.25, 0.3) is 0 Å². The Bertz CT molecular complexity index is 1270. The van der Waals surface area contributed by atoms with Crippen LogP contribution in [0, 0.1) is 5.92 Å². The summed E-state index contributed by atoms with van der Waals surface area (Å²) < 4.78 is 11.8. The third-order valence-corrected chi connectivity index (χ3v) is 6.89. The van der Waals surface area contributed by atoms with Gasteiger partial charge in [0.25, 0.3) is 5.91 Å². The van der Waals surface area contributed by atoms with Crippen molar-refractivity contribution in [1.29, 1.82) is 0 Å². The lowest BCUT2D eigenvalue weighted by atomic mass is 9.73. The predicted octanol–water partition coefficient (Wildman–Crippen LogP) is 0.645. The number of rotatable bonds is 13. The van der Waals surface area contributed by atoms with Crippen LogP contribution in [-0.4, -0.2) is 102 Å². The fraction of sp³-hybridized carbons (Fsp3) is 0.483. The van der Waals surface area contributed by atoms with Gasteiger partial charge in [0, 0.05) is 47.0 Å². The topological polar surface area (TPSA) is 160 Å². The molecule has 1 aromatic carbocycles. The molecule has 14 heteroatoms. The van der Waals surface area contributed by atoms with Gasteiger partial charge in [0.1, 0.15) is 11.7 Å². The highest BCUT2D eigenvalue weighted by molar-refractivity contribution is 6.51. The van der Waals surface area contributed by atoms with E-state index in [1.165, 1.54) is 56.6 Å². The Labute approximate surface area is 251 Å². The number of hydrogen-bond acceptors (Lipinski definition) is 9. The van der Waals surface area contributed by atoms with Crippen LogP contribution in [0.15, 0.2) is 48.9 Å². The minimum absolute atomic E-state index is 0.0242. The van der Waals surface area contributed by atoms with Crippen LogP contribution < -0.4 is 10.6 Å². The molecule has 1 aliphatic heterocycles. The highest BCUT2D eigenvalue weighted by Gasteiger charge is 2.58. The number of aromatic nitrogens is 2. The van der Waals surface area contributed by atoms with Crippen molar-refractivity contribution >= 4 is 36.7 Å². The summed E-state index contributed by atoms with van der Waals surface area (Å²) in [6.07, 6.45) is 3.77. The highest BCUT2D eigenvalue weighted by atomic mass is 16.7. The van der Waals surface area contributed by atoms with Gasteiger partial charge >= 0.3 is 13.1 Å². The van der Waals surface area contributed by atoms with Crippen molar-refractivity contribution in [3.05, 3.63) is 60.2 Å². The fourth-order valence-electron chi connectivity index (χ4n) is 4.50. The second-order valence-electron chi connectivity index (χ2n) is 11.4. The molecule has 0 bridgehead atoms. The summed E-state index contributed by atoms with van der Waals surface area (Å²) in [7, 11) is 4.85. The Hall–Kier alpha value is -4.33. The molecule has 1 fully saturated rings. The van der Waals surface area contributed by atoms with Gasteiger partial charge in [-0.3, -0.25) is 29.0 Å². The van der Waals surface area contributed by atoms with E-state index in [0.717, 1.165) is 5.56 Å². The number of nitrogens with zero attached hydrogens (tertiary/aromatic N) is 4. The van der Waals surface area contributed by atoms with Crippen LogP contribution in [0.4, 0.5) is 0 Å². The maximum atomic E-state index is 13.8. The summed E-state index contributed by atoms with van der Waals surface area (Å²) in [5, 5.41) is 5.63. The van der Waals surface area contributed by atoms with Crippen LogP contribution in [0.3, 0.4) is 0 Å². The lowest BCUT2D eigenvalue weighted by molar-refractivity contribution is -0.153. The van der Waals surface area contributed by atoms with E-state index in [9.17, 15) is 24.0 Å². The maximum absolute atomic E-state index is 13.8. The quantitative estimate of drug-likeness (QED) is 0.318. The van der Waals surface area contributed by atoms with E-state index in [4.69, 9.17) is 9.31 Å². The van der Waals surface area contributed by atoms with E-state index in [1.807, 2.05) is 44.2 Å². The van der Waals surface area contributed by atoms with Gasteiger partial charge in [-0.1, -0.05) is 44.2 Å². The van der Waals surface area contributed by atoms with Crippen molar-refractivity contribution < 1.29 is 33.3 Å². The van der Waals surface area contributed by atoms with Crippen LogP contribution >= 0.6 is 0 Å². The van der Waals surface area contributed by atoms with Gasteiger partial charge in [0.2, 0.25) is 17.7 Å². The Morgan fingerprint density at radius 2 is 1.58 bits per heavy atom. The van der Waals surface area contributed by atoms with Crippen molar-refractivity contribution in [2.45, 2.75) is 57.1 Å². The Balaban J connectivity index is 1.88. The number of benzene rings is 1. The van der Waals surface area contributed by atoms with Gasteiger partial charge in [-0.05, 0) is 17.9 Å². The van der Waals surface area contributed by atoms with Crippen LogP contribution in [0.5, 0.6) is 0 Å². The molecule has 43 heavy (non-hydrogen) atoms. The third-order valence-electron chi connectivity index (χ3n) is 6.89. The van der Waals surface area contributed by atoms with Crippen LogP contribution in [0.1, 0.15) is 49.2 Å². The first-order valence-corrected chi connectivity index (χ1v) is 14.0. The van der Waals surface area contributed by atoms with Crippen LogP contribution in [0.2, 0.25) is 0 Å². The summed E-state index contributed by atoms with van der Waals surface area (Å²) in [5.74, 6) is -3.67. The van der Waals surface area contributed by atoms with Crippen molar-refractivity contribution in [3.63, 3.8) is 0 Å². The van der Waals surface area contributed by atoms with E-state index in [1.54, 1.807) is 0 Å². The largest absolute Gasteiger partial charge is 0.552 e. The molecule has 2 heterocycles. The van der Waals surface area contributed by atoms with E-state index in [2.05, 4.69) is 20.6 Å². The van der Waals surface area contributed by atoms with E-state index in [-0.39, 0.29) is 18.0 Å². The van der Waals surface area contributed by atoms with Gasteiger partial charge in [0.15, 0.2) is 5.60 Å². The molecule has 0 aliphatic carbocycles. The molecule has 2 aromatic rings. The highest BCUT2D eigenvalue weighted by Crippen LogP contribution is 2.33. The Morgan fingerprint density at radius 1 is 0.953 bits per heavy atom. The summed E-state index contributed by atoms with van der Waals surface area (Å²) in [6.45, 7) is 3.84. The molecule has 13 nitrogen and oxygen atoms in total. The second-order valence-corrected chi connectivity index (χ2v) is 11.4. The molecule has 1 saturated heterocycles. The summed E-state index contributed by atoms with van der Waals surface area (Å²) in [5.41, 5.74) is -1.02. The monoisotopic (exact) mass is 594 g/mol. The van der Waals surface area contributed by atoms with E-state index in [0.29, 0.717) is 6.42 Å². The molecular formula is C29H39BN6O7. The number of carbonyl (C=O) groups is 5. The minimum Gasteiger partial charge on any atom is -0.506 e. The zero-order chi connectivity index (χ0) is 31.7. The normalized spacial score (nSPS) is 15.3. The summed E-state index contributed by atoms with van der Waals surface area (Å²) in [6, 6.07) is 8.13. The van der Waals surface area contributed by atoms with Crippen molar-refractivity contribution in [2.75, 3.05) is 28.2 Å². The lowest BCUT2D eigenvalue weighted by Crippen LogP contribution is -2.56. The zero-order valence-corrected chi connectivity index (χ0v) is 25.4. The summed E-state index contributed by atoms with van der Waals surface area (Å²) in [4.78, 5) is 76.0. The molecular weight excluding hydrogens is 555 g/mol. The number of amides is 4. The van der Waals surface area contributed by atoms with Crippen molar-refractivity contribution in [2.24, 2.45) is 5.92 Å². The molecule has 230 valence electrons. The van der Waals surface area contributed by atoms with E-state index >= 15 is 0 Å². The smallest absolute Gasteiger partial charge is 0.506 e. The van der Waals surface area contributed by atoms with Crippen molar-refractivity contribution in [3.8, 4) is 0 Å². The first-order valence-electron chi connectivity index (χ1n) is 14.0. The molecule has 0 radical (unpaired) electrons. The van der Waals surface area contributed by atoms with Gasteiger partial charge in [0.05, 0.1) is 25.0 Å². The molecule has 4 amide bonds. The lowest BCUT2D eigenvalue weighted by Gasteiger charge is -2.28. The first-order chi connectivity index (χ1) is 20.3. The Morgan fingerprint density at radius 3 is 2.12 bits per heavy atom. The minimum atomic E-state index is -1.86. The number of nitrogens with one attached hydrogen (secondary N) is 2. The van der Waals surface area contributed by atoms with Crippen molar-refractivity contribution in [1.82, 2.24) is 30.4 Å². The molecule has 2 atom stereocenters. The molecule has 3 rings (SSSR count). The molecule has 0 spiro atoms. The van der Waals surface area contributed by atoms with Gasteiger partial charge in [-0.15, -0.1) is 0 Å². The average Bonchev–Trinajstić information content (AvgIpc) is 3.27. The first kappa shape index (κ1) is 33.2. The van der Waals surface area contributed by atoms with E-state index < -0.39 is 67.1 Å². The molecule has 0 saturated carbocycles. The average molecular weight is 594 g/mol. The standard InChI is InChI=1S/C29H39BN6O7/c1-19(2)14-23(30-42-28(41)29(43-30,16-24(37)35(3)4)17-25(38)36(5)6)34-26(39)21(15-20-10-8-7-9-11-20)33-27(40)22-18-31-12-13-32-22/h7-13,18-19,21,23H,14-17H2,1-6H3,(H,33,40)(H,34,39). The fourth-order valence-corrected chi connectivity index (χ4v) is 4.50. The summed E-state index contributed by atoms with van der Waals surface area (Å²) >= 11 is 0. The van der Waals surface area contributed by atoms with Crippen LogP contribution in [-0.2, 0) is 34.9 Å². The Kier molecular flexibility index (Phi) is 11.4. The molecule has 2 unspecified atom stereocenters.